The largest absolute Gasteiger partial charge is 0.453 e. The predicted octanol–water partition coefficient (Wildman–Crippen LogP) is 4.63. The lowest BCUT2D eigenvalue weighted by Crippen LogP contribution is -2.29. The van der Waals surface area contributed by atoms with Crippen molar-refractivity contribution in [1.82, 2.24) is 15.0 Å². The Balaban J connectivity index is 1.48. The zero-order chi connectivity index (χ0) is 21.0. The van der Waals surface area contributed by atoms with Crippen LogP contribution in [0.4, 0.5) is 0 Å². The molecular formula is C23H23N3O3S. The van der Waals surface area contributed by atoms with E-state index in [0.29, 0.717) is 21.7 Å². The number of hydrogen-bond donors (Lipinski definition) is 0. The third-order valence-electron chi connectivity index (χ3n) is 6.16. The molecule has 1 aliphatic rings. The van der Waals surface area contributed by atoms with Gasteiger partial charge in [0.05, 0.1) is 5.39 Å². The summed E-state index contributed by atoms with van der Waals surface area (Å²) in [6, 6.07) is 9.14. The van der Waals surface area contributed by atoms with Crippen molar-refractivity contribution in [1.29, 1.82) is 0 Å². The Morgan fingerprint density at radius 2 is 2.10 bits per heavy atom. The van der Waals surface area contributed by atoms with E-state index >= 15 is 0 Å². The topological polar surface area (TPSA) is 78.0 Å². The van der Waals surface area contributed by atoms with Crippen molar-refractivity contribution in [3.63, 3.8) is 0 Å². The van der Waals surface area contributed by atoms with Crippen LogP contribution in [0.2, 0.25) is 0 Å². The van der Waals surface area contributed by atoms with Gasteiger partial charge in [0.2, 0.25) is 5.78 Å². The lowest BCUT2D eigenvalue weighted by Gasteiger charge is -2.33. The fourth-order valence-electron chi connectivity index (χ4n) is 4.30. The van der Waals surface area contributed by atoms with E-state index in [0.717, 1.165) is 30.2 Å². The van der Waals surface area contributed by atoms with E-state index in [2.05, 4.69) is 31.1 Å². The van der Waals surface area contributed by atoms with Gasteiger partial charge in [-0.3, -0.25) is 9.59 Å². The summed E-state index contributed by atoms with van der Waals surface area (Å²) in [5.41, 5.74) is 1.74. The molecule has 1 aromatic carbocycles. The number of carbonyl (C=O) groups excluding carboxylic acids is 1. The molecule has 1 unspecified atom stereocenters. The fourth-order valence-corrected chi connectivity index (χ4v) is 5.54. The number of Topliss-reactive ketones (excluding diaryl/α,β-unsaturated/α-hetero) is 1. The van der Waals surface area contributed by atoms with Gasteiger partial charge in [0.1, 0.15) is 12.1 Å². The number of nitrogens with zero attached hydrogens (tertiary/aromatic N) is 3. The van der Waals surface area contributed by atoms with Crippen LogP contribution >= 0.6 is 11.3 Å². The van der Waals surface area contributed by atoms with Crippen molar-refractivity contribution in [2.24, 2.45) is 11.3 Å². The molecule has 6 nitrogen and oxygen atoms in total. The first-order valence-corrected chi connectivity index (χ1v) is 11.0. The van der Waals surface area contributed by atoms with Gasteiger partial charge in [0, 0.05) is 10.3 Å². The van der Waals surface area contributed by atoms with Crippen LogP contribution in [-0.4, -0.2) is 20.8 Å². The first-order chi connectivity index (χ1) is 14.3. The minimum absolute atomic E-state index is 0.184. The summed E-state index contributed by atoms with van der Waals surface area (Å²) < 4.78 is 6.80. The molecule has 154 valence electrons. The van der Waals surface area contributed by atoms with Gasteiger partial charge in [-0.05, 0) is 48.3 Å². The number of ketones is 1. The summed E-state index contributed by atoms with van der Waals surface area (Å²) in [6.45, 7) is 6.63. The Morgan fingerprint density at radius 3 is 2.87 bits per heavy atom. The van der Waals surface area contributed by atoms with Crippen LogP contribution in [0.15, 0.2) is 39.5 Å². The normalized spacial score (nSPS) is 16.8. The Hall–Kier alpha value is -2.80. The number of fused-ring (bicyclic) bond motifs is 4. The maximum absolute atomic E-state index is 13.2. The summed E-state index contributed by atoms with van der Waals surface area (Å²) in [5, 5.41) is 9.80. The minimum Gasteiger partial charge on any atom is -0.453 e. The number of furan rings is 1. The van der Waals surface area contributed by atoms with Crippen LogP contribution in [0.1, 0.15) is 48.2 Å². The Morgan fingerprint density at radius 1 is 1.30 bits per heavy atom. The molecule has 0 fully saturated rings. The second-order valence-electron chi connectivity index (χ2n) is 9.11. The highest BCUT2D eigenvalue weighted by Gasteiger charge is 2.32. The molecule has 0 saturated carbocycles. The third-order valence-corrected chi connectivity index (χ3v) is 7.30. The van der Waals surface area contributed by atoms with Gasteiger partial charge < -0.3 is 4.42 Å². The molecule has 0 amide bonds. The lowest BCUT2D eigenvalue weighted by atomic mass is 9.72. The van der Waals surface area contributed by atoms with Crippen molar-refractivity contribution in [2.75, 3.05) is 0 Å². The van der Waals surface area contributed by atoms with Crippen LogP contribution in [0, 0.1) is 11.3 Å². The van der Waals surface area contributed by atoms with Gasteiger partial charge in [-0.2, -0.15) is 0 Å². The molecule has 5 rings (SSSR count). The van der Waals surface area contributed by atoms with Gasteiger partial charge in [0.15, 0.2) is 10.6 Å². The van der Waals surface area contributed by atoms with E-state index in [1.165, 1.54) is 9.56 Å². The highest BCUT2D eigenvalue weighted by Crippen LogP contribution is 2.41. The number of carbonyl (C=O) groups is 1. The van der Waals surface area contributed by atoms with E-state index in [1.807, 2.05) is 24.3 Å². The number of rotatable bonds is 3. The van der Waals surface area contributed by atoms with Crippen LogP contribution in [0.3, 0.4) is 0 Å². The molecule has 3 aromatic heterocycles. The molecule has 1 atom stereocenters. The van der Waals surface area contributed by atoms with Gasteiger partial charge in [-0.25, -0.2) is 4.68 Å². The number of para-hydroxylation sites is 1. The summed E-state index contributed by atoms with van der Waals surface area (Å²) in [7, 11) is 0. The van der Waals surface area contributed by atoms with Crippen LogP contribution < -0.4 is 5.56 Å². The van der Waals surface area contributed by atoms with Gasteiger partial charge in [-0.1, -0.05) is 44.2 Å². The Bertz CT molecular complexity index is 1310. The molecule has 0 spiro atoms. The van der Waals surface area contributed by atoms with Gasteiger partial charge >= 0.3 is 0 Å². The second kappa shape index (κ2) is 6.87. The molecule has 3 heterocycles. The predicted molar refractivity (Wildman–Crippen MR) is 117 cm³/mol. The van der Waals surface area contributed by atoms with Gasteiger partial charge in [0.25, 0.3) is 5.56 Å². The van der Waals surface area contributed by atoms with Gasteiger partial charge in [-0.15, -0.1) is 16.4 Å². The summed E-state index contributed by atoms with van der Waals surface area (Å²) >= 11 is 1.57. The molecule has 0 radical (unpaired) electrons. The molecule has 30 heavy (non-hydrogen) atoms. The van der Waals surface area contributed by atoms with Crippen LogP contribution in [0.25, 0.3) is 21.2 Å². The highest BCUT2D eigenvalue weighted by atomic mass is 32.1. The fraction of sp³-hybridized carbons (Fsp3) is 0.391. The molecule has 4 aromatic rings. The number of hydrogen-bond acceptors (Lipinski definition) is 6. The highest BCUT2D eigenvalue weighted by molar-refractivity contribution is 7.18. The standard InChI is InChI=1S/C23H23N3O3S/c1-23(2,3)14-8-9-15-19(11-14)30-21-20(15)22(28)26(25-24-21)12-16(27)18-10-13-6-4-5-7-17(13)29-18/h4-7,10,14H,8-9,11-12H2,1-3H3. The van der Waals surface area contributed by atoms with Crippen LogP contribution in [0.5, 0.6) is 0 Å². The first kappa shape index (κ1) is 19.2. The van der Waals surface area contributed by atoms with Crippen molar-refractivity contribution >= 4 is 38.3 Å². The maximum atomic E-state index is 13.2. The SMILES string of the molecule is CC(C)(C)C1CCc2c(sc3nnn(CC(=O)c4cc5ccccc5o4)c(=O)c23)C1. The smallest absolute Gasteiger partial charge is 0.279 e. The average molecular weight is 422 g/mol. The Kier molecular flexibility index (Phi) is 4.39. The zero-order valence-corrected chi connectivity index (χ0v) is 18.1. The van der Waals surface area contributed by atoms with E-state index in [9.17, 15) is 9.59 Å². The van der Waals surface area contributed by atoms with E-state index < -0.39 is 0 Å². The van der Waals surface area contributed by atoms with Crippen molar-refractivity contribution in [2.45, 2.75) is 46.6 Å². The summed E-state index contributed by atoms with van der Waals surface area (Å²) in [4.78, 5) is 27.8. The molecular weight excluding hydrogens is 398 g/mol. The molecule has 0 N–H and O–H groups in total. The molecule has 0 aliphatic heterocycles. The number of aromatic nitrogens is 3. The second-order valence-corrected chi connectivity index (χ2v) is 10.2. The average Bonchev–Trinajstić information content (AvgIpc) is 3.30. The maximum Gasteiger partial charge on any atom is 0.279 e. The van der Waals surface area contributed by atoms with E-state index in [-0.39, 0.29) is 29.1 Å². The lowest BCUT2D eigenvalue weighted by molar-refractivity contribution is 0.0939. The number of thiophene rings is 1. The first-order valence-electron chi connectivity index (χ1n) is 10.2. The van der Waals surface area contributed by atoms with Crippen molar-refractivity contribution < 1.29 is 9.21 Å². The molecule has 1 aliphatic carbocycles. The zero-order valence-electron chi connectivity index (χ0n) is 17.3. The Labute approximate surface area is 177 Å². The van der Waals surface area contributed by atoms with E-state index in [1.54, 1.807) is 17.4 Å². The third kappa shape index (κ3) is 3.17. The van der Waals surface area contributed by atoms with Crippen LogP contribution in [-0.2, 0) is 19.4 Å². The monoisotopic (exact) mass is 421 g/mol. The van der Waals surface area contributed by atoms with E-state index in [4.69, 9.17) is 4.42 Å². The quantitative estimate of drug-likeness (QED) is 0.451. The van der Waals surface area contributed by atoms with Crippen molar-refractivity contribution in [3.8, 4) is 0 Å². The summed E-state index contributed by atoms with van der Waals surface area (Å²) in [5.74, 6) is 0.520. The number of aryl methyl sites for hydroxylation is 1. The number of benzene rings is 1. The molecule has 7 heteroatoms. The minimum atomic E-state index is -0.293. The van der Waals surface area contributed by atoms with Crippen molar-refractivity contribution in [3.05, 3.63) is 56.9 Å². The molecule has 0 saturated heterocycles. The molecule has 0 bridgehead atoms. The summed E-state index contributed by atoms with van der Waals surface area (Å²) in [6.07, 6.45) is 2.90.